The predicted molar refractivity (Wildman–Crippen MR) is 101 cm³/mol. The first-order valence-corrected chi connectivity index (χ1v) is 8.05. The molecule has 2 aromatic carbocycles. The molecule has 0 unspecified atom stereocenters. The number of carbonyl (C=O) groups excluding carboxylic acids is 1. The van der Waals surface area contributed by atoms with E-state index in [-0.39, 0.29) is 34.7 Å². The fourth-order valence-electron chi connectivity index (χ4n) is 2.50. The molecule has 0 bridgehead atoms. The average Bonchev–Trinajstić information content (AvgIpc) is 2.62. The van der Waals surface area contributed by atoms with Gasteiger partial charge in [0.05, 0.1) is 7.11 Å². The Balaban J connectivity index is 2.45. The number of benzene rings is 2. The summed E-state index contributed by atoms with van der Waals surface area (Å²) < 4.78 is 5.18. The van der Waals surface area contributed by atoms with Crippen LogP contribution in [0, 0.1) is 0 Å². The summed E-state index contributed by atoms with van der Waals surface area (Å²) in [7, 11) is 1.37. The van der Waals surface area contributed by atoms with E-state index in [1.807, 2.05) is 13.8 Å². The predicted octanol–water partition coefficient (Wildman–Crippen LogP) is 4.39. The number of ketones is 1. The molecule has 2 aromatic rings. The van der Waals surface area contributed by atoms with Gasteiger partial charge in [-0.3, -0.25) is 4.79 Å². The van der Waals surface area contributed by atoms with Crippen molar-refractivity contribution in [2.45, 2.75) is 19.8 Å². The Morgan fingerprint density at radius 3 is 2.31 bits per heavy atom. The third-order valence-electron chi connectivity index (χ3n) is 4.26. The minimum absolute atomic E-state index is 0.0779. The number of methoxy groups -OCH3 is 1. The topological polar surface area (TPSA) is 87.0 Å². The van der Waals surface area contributed by atoms with Crippen LogP contribution in [-0.2, 0) is 0 Å². The zero-order chi connectivity index (χ0) is 19.4. The van der Waals surface area contributed by atoms with E-state index in [0.29, 0.717) is 16.7 Å². The third-order valence-corrected chi connectivity index (χ3v) is 4.26. The van der Waals surface area contributed by atoms with Crippen LogP contribution in [0.3, 0.4) is 0 Å². The summed E-state index contributed by atoms with van der Waals surface area (Å²) in [5, 5.41) is 29.8. The molecule has 0 heterocycles. The SMILES string of the molecule is C=C(C)[C@@H](C)c1cc(/C=C/C(=O)c2ccc(O)cc2)c(OC)c(O)c1O. The average molecular weight is 354 g/mol. The molecule has 5 heteroatoms. The summed E-state index contributed by atoms with van der Waals surface area (Å²) >= 11 is 0. The summed E-state index contributed by atoms with van der Waals surface area (Å²) in [5.41, 5.74) is 2.18. The molecule has 1 atom stereocenters. The van der Waals surface area contributed by atoms with E-state index >= 15 is 0 Å². The molecule has 0 aliphatic rings. The number of hydrogen-bond donors (Lipinski definition) is 3. The Morgan fingerprint density at radius 1 is 1.15 bits per heavy atom. The fourth-order valence-corrected chi connectivity index (χ4v) is 2.50. The van der Waals surface area contributed by atoms with Crippen molar-refractivity contribution in [1.82, 2.24) is 0 Å². The molecule has 0 amide bonds. The Labute approximate surface area is 152 Å². The highest BCUT2D eigenvalue weighted by Crippen LogP contribution is 2.45. The smallest absolute Gasteiger partial charge is 0.201 e. The number of aromatic hydroxyl groups is 3. The third kappa shape index (κ3) is 3.88. The maximum absolute atomic E-state index is 12.3. The van der Waals surface area contributed by atoms with Crippen molar-refractivity contribution in [2.75, 3.05) is 7.11 Å². The summed E-state index contributed by atoms with van der Waals surface area (Å²) in [6, 6.07) is 7.55. The summed E-state index contributed by atoms with van der Waals surface area (Å²) in [5.74, 6) is -0.945. The van der Waals surface area contributed by atoms with Gasteiger partial charge in [-0.2, -0.15) is 0 Å². The van der Waals surface area contributed by atoms with Crippen molar-refractivity contribution < 1.29 is 24.9 Å². The second-order valence-electron chi connectivity index (χ2n) is 6.10. The molecule has 2 rings (SSSR count). The van der Waals surface area contributed by atoms with Gasteiger partial charge in [0, 0.05) is 22.6 Å². The minimum atomic E-state index is -0.380. The van der Waals surface area contributed by atoms with Gasteiger partial charge in [0.1, 0.15) is 5.75 Å². The lowest BCUT2D eigenvalue weighted by atomic mass is 9.91. The molecule has 26 heavy (non-hydrogen) atoms. The van der Waals surface area contributed by atoms with E-state index in [0.717, 1.165) is 5.57 Å². The normalized spacial score (nSPS) is 12.1. The molecule has 0 aliphatic heterocycles. The van der Waals surface area contributed by atoms with Gasteiger partial charge in [0.25, 0.3) is 0 Å². The van der Waals surface area contributed by atoms with Gasteiger partial charge in [0.15, 0.2) is 17.3 Å². The maximum Gasteiger partial charge on any atom is 0.201 e. The lowest BCUT2D eigenvalue weighted by Crippen LogP contribution is -1.99. The molecule has 0 radical (unpaired) electrons. The number of phenols is 3. The molecular formula is C21H22O5. The second kappa shape index (κ2) is 7.78. The van der Waals surface area contributed by atoms with Crippen molar-refractivity contribution in [3.63, 3.8) is 0 Å². The van der Waals surface area contributed by atoms with Gasteiger partial charge in [0.2, 0.25) is 5.75 Å². The summed E-state index contributed by atoms with van der Waals surface area (Å²) in [6.07, 6.45) is 2.86. The monoisotopic (exact) mass is 354 g/mol. The molecule has 0 aromatic heterocycles. The molecule has 0 aliphatic carbocycles. The van der Waals surface area contributed by atoms with Crippen LogP contribution in [0.15, 0.2) is 48.6 Å². The highest BCUT2D eigenvalue weighted by atomic mass is 16.5. The van der Waals surface area contributed by atoms with Gasteiger partial charge in [-0.05, 0) is 49.4 Å². The quantitative estimate of drug-likeness (QED) is 0.310. The number of rotatable bonds is 6. The highest BCUT2D eigenvalue weighted by Gasteiger charge is 2.20. The van der Waals surface area contributed by atoms with Crippen LogP contribution in [0.5, 0.6) is 23.0 Å². The summed E-state index contributed by atoms with van der Waals surface area (Å²) in [4.78, 5) is 12.3. The molecule has 0 spiro atoms. The molecular weight excluding hydrogens is 332 g/mol. The number of allylic oxidation sites excluding steroid dienone is 2. The highest BCUT2D eigenvalue weighted by molar-refractivity contribution is 6.07. The van der Waals surface area contributed by atoms with Crippen molar-refractivity contribution in [3.05, 3.63) is 65.3 Å². The van der Waals surface area contributed by atoms with Gasteiger partial charge >= 0.3 is 0 Å². The minimum Gasteiger partial charge on any atom is -0.508 e. The van der Waals surface area contributed by atoms with Crippen molar-refractivity contribution >= 4 is 11.9 Å². The Morgan fingerprint density at radius 2 is 1.77 bits per heavy atom. The lowest BCUT2D eigenvalue weighted by molar-refractivity contribution is 0.104. The first kappa shape index (κ1) is 19.1. The van der Waals surface area contributed by atoms with E-state index in [1.165, 1.54) is 43.5 Å². The zero-order valence-corrected chi connectivity index (χ0v) is 15.0. The van der Waals surface area contributed by atoms with Gasteiger partial charge < -0.3 is 20.1 Å². The molecule has 0 saturated carbocycles. The number of hydrogen-bond acceptors (Lipinski definition) is 5. The standard InChI is InChI=1S/C21H22O5/c1-12(2)13(3)17-11-15(21(26-4)20(25)19(17)24)7-10-18(23)14-5-8-16(22)9-6-14/h5-11,13,22,24-25H,1H2,2-4H3/b10-7+/t13-/m1/s1. The Hall–Kier alpha value is -3.21. The van der Waals surface area contributed by atoms with Crippen LogP contribution in [0.25, 0.3) is 6.08 Å². The van der Waals surface area contributed by atoms with Crippen LogP contribution >= 0.6 is 0 Å². The first-order valence-electron chi connectivity index (χ1n) is 8.05. The van der Waals surface area contributed by atoms with Crippen LogP contribution in [-0.4, -0.2) is 28.2 Å². The summed E-state index contributed by atoms with van der Waals surface area (Å²) in [6.45, 7) is 7.57. The van der Waals surface area contributed by atoms with Gasteiger partial charge in [-0.25, -0.2) is 0 Å². The van der Waals surface area contributed by atoms with Gasteiger partial charge in [-0.1, -0.05) is 19.1 Å². The van der Waals surface area contributed by atoms with E-state index in [4.69, 9.17) is 4.74 Å². The maximum atomic E-state index is 12.3. The van der Waals surface area contributed by atoms with E-state index in [9.17, 15) is 20.1 Å². The Kier molecular flexibility index (Phi) is 5.72. The van der Waals surface area contributed by atoms with Crippen molar-refractivity contribution in [3.8, 4) is 23.0 Å². The van der Waals surface area contributed by atoms with Crippen LogP contribution in [0.2, 0.25) is 0 Å². The van der Waals surface area contributed by atoms with E-state index in [2.05, 4.69) is 6.58 Å². The largest absolute Gasteiger partial charge is 0.508 e. The molecule has 5 nitrogen and oxygen atoms in total. The number of ether oxygens (including phenoxy) is 1. The van der Waals surface area contributed by atoms with E-state index in [1.54, 1.807) is 6.07 Å². The Bertz CT molecular complexity index is 863. The van der Waals surface area contributed by atoms with Crippen molar-refractivity contribution in [1.29, 1.82) is 0 Å². The number of phenolic OH excluding ortho intramolecular Hbond substituents is 3. The zero-order valence-electron chi connectivity index (χ0n) is 15.0. The molecule has 3 N–H and O–H groups in total. The first-order chi connectivity index (χ1) is 12.3. The van der Waals surface area contributed by atoms with Crippen molar-refractivity contribution in [2.24, 2.45) is 0 Å². The van der Waals surface area contributed by atoms with Crippen LogP contribution in [0.4, 0.5) is 0 Å². The lowest BCUT2D eigenvalue weighted by Gasteiger charge is -2.18. The van der Waals surface area contributed by atoms with Crippen LogP contribution in [0.1, 0.15) is 41.3 Å². The van der Waals surface area contributed by atoms with Crippen LogP contribution < -0.4 is 4.74 Å². The second-order valence-corrected chi connectivity index (χ2v) is 6.10. The fraction of sp³-hybridized carbons (Fsp3) is 0.190. The number of carbonyl (C=O) groups is 1. The molecule has 0 fully saturated rings. The molecule has 136 valence electrons. The van der Waals surface area contributed by atoms with E-state index < -0.39 is 0 Å². The molecule has 0 saturated heterocycles. The van der Waals surface area contributed by atoms with Gasteiger partial charge in [-0.15, -0.1) is 0 Å².